The van der Waals surface area contributed by atoms with Gasteiger partial charge in [-0.1, -0.05) is 6.08 Å². The molecule has 1 N–H and O–H groups in total. The predicted octanol–water partition coefficient (Wildman–Crippen LogP) is 2.27. The summed E-state index contributed by atoms with van der Waals surface area (Å²) in [5.74, 6) is 0. The number of hydrogen-bond donors (Lipinski definition) is 1. The van der Waals surface area contributed by atoms with E-state index >= 15 is 0 Å². The van der Waals surface area contributed by atoms with Crippen LogP contribution in [0.4, 0.5) is 0 Å². The third-order valence-electron chi connectivity index (χ3n) is 2.56. The molecule has 0 saturated heterocycles. The quantitative estimate of drug-likeness (QED) is 0.682. The fraction of sp³-hybridized carbons (Fsp3) is 0.818. The lowest BCUT2D eigenvalue weighted by atomic mass is 9.83. The lowest BCUT2D eigenvalue weighted by molar-refractivity contribution is -0.0678. The van der Waals surface area contributed by atoms with Crippen LogP contribution in [0.2, 0.25) is 0 Å². The van der Waals surface area contributed by atoms with Gasteiger partial charge in [-0.3, -0.25) is 0 Å². The van der Waals surface area contributed by atoms with Gasteiger partial charge in [0, 0.05) is 6.42 Å². The molecule has 13 heavy (non-hydrogen) atoms. The van der Waals surface area contributed by atoms with E-state index in [2.05, 4.69) is 6.58 Å². The number of rotatable bonds is 3. The second-order valence-electron chi connectivity index (χ2n) is 4.21. The van der Waals surface area contributed by atoms with Gasteiger partial charge >= 0.3 is 0 Å². The van der Waals surface area contributed by atoms with Crippen LogP contribution in [0.3, 0.4) is 0 Å². The van der Waals surface area contributed by atoms with E-state index in [1.807, 2.05) is 13.8 Å². The molecule has 0 amide bonds. The summed E-state index contributed by atoms with van der Waals surface area (Å²) in [6.45, 7) is 7.72. The minimum atomic E-state index is -0.683. The summed E-state index contributed by atoms with van der Waals surface area (Å²) in [6, 6.07) is 0. The van der Waals surface area contributed by atoms with Crippen molar-refractivity contribution in [2.24, 2.45) is 0 Å². The molecule has 2 unspecified atom stereocenters. The molecule has 0 aromatic carbocycles. The molecule has 1 fully saturated rings. The van der Waals surface area contributed by atoms with Gasteiger partial charge in [-0.15, -0.1) is 6.58 Å². The van der Waals surface area contributed by atoms with E-state index in [-0.39, 0.29) is 12.2 Å². The first-order chi connectivity index (χ1) is 6.06. The normalized spacial score (nSPS) is 34.9. The van der Waals surface area contributed by atoms with Crippen LogP contribution in [0.5, 0.6) is 0 Å². The molecule has 2 heteroatoms. The van der Waals surface area contributed by atoms with Gasteiger partial charge in [-0.05, 0) is 33.1 Å². The number of hydrogen-bond acceptors (Lipinski definition) is 2. The topological polar surface area (TPSA) is 29.5 Å². The Kier molecular flexibility index (Phi) is 3.51. The van der Waals surface area contributed by atoms with E-state index in [1.54, 1.807) is 6.08 Å². The molecule has 2 atom stereocenters. The minimum Gasteiger partial charge on any atom is -0.386 e. The van der Waals surface area contributed by atoms with Crippen LogP contribution in [-0.2, 0) is 4.74 Å². The van der Waals surface area contributed by atoms with Gasteiger partial charge in [0.1, 0.15) is 0 Å². The van der Waals surface area contributed by atoms with Crippen molar-refractivity contribution in [1.29, 1.82) is 0 Å². The van der Waals surface area contributed by atoms with Crippen LogP contribution in [0.25, 0.3) is 0 Å². The van der Waals surface area contributed by atoms with E-state index in [4.69, 9.17) is 4.74 Å². The van der Waals surface area contributed by atoms with Gasteiger partial charge < -0.3 is 9.84 Å². The predicted molar refractivity (Wildman–Crippen MR) is 53.6 cm³/mol. The maximum Gasteiger partial charge on any atom is 0.0849 e. The maximum absolute atomic E-state index is 9.97. The van der Waals surface area contributed by atoms with Gasteiger partial charge in [0.15, 0.2) is 0 Å². The molecule has 1 saturated carbocycles. The van der Waals surface area contributed by atoms with Crippen LogP contribution in [0, 0.1) is 0 Å². The van der Waals surface area contributed by atoms with Crippen molar-refractivity contribution < 1.29 is 9.84 Å². The third kappa shape index (κ3) is 3.12. The highest BCUT2D eigenvalue weighted by molar-refractivity contribution is 4.99. The molecule has 0 bridgehead atoms. The molecular weight excluding hydrogens is 164 g/mol. The third-order valence-corrected chi connectivity index (χ3v) is 2.56. The summed E-state index contributed by atoms with van der Waals surface area (Å²) in [5, 5.41) is 9.97. The Morgan fingerprint density at radius 2 is 2.31 bits per heavy atom. The standard InChI is InChI=1S/C11H20O2/c1-4-11(12)7-5-6-10(8-11)13-9(2)3/h4,9-10,12H,1,5-8H2,2-3H3. The summed E-state index contributed by atoms with van der Waals surface area (Å²) in [6.07, 6.45) is 5.73. The highest BCUT2D eigenvalue weighted by Gasteiger charge is 2.32. The molecule has 0 radical (unpaired) electrons. The van der Waals surface area contributed by atoms with Crippen LogP contribution in [0.1, 0.15) is 39.5 Å². The van der Waals surface area contributed by atoms with Gasteiger partial charge in [0.25, 0.3) is 0 Å². The van der Waals surface area contributed by atoms with E-state index in [0.29, 0.717) is 6.42 Å². The first kappa shape index (κ1) is 10.7. The van der Waals surface area contributed by atoms with E-state index < -0.39 is 5.60 Å². The average molecular weight is 184 g/mol. The molecule has 1 aliphatic carbocycles. The molecule has 1 aliphatic rings. The molecule has 0 aromatic rings. The monoisotopic (exact) mass is 184 g/mol. The van der Waals surface area contributed by atoms with E-state index in [1.165, 1.54) is 0 Å². The first-order valence-corrected chi connectivity index (χ1v) is 5.07. The zero-order chi connectivity index (χ0) is 9.90. The van der Waals surface area contributed by atoms with Crippen LogP contribution in [-0.4, -0.2) is 22.9 Å². The van der Waals surface area contributed by atoms with Gasteiger partial charge in [-0.2, -0.15) is 0 Å². The number of aliphatic hydroxyl groups is 1. The Labute approximate surface area is 80.6 Å². The Balaban J connectivity index is 2.46. The molecule has 1 rings (SSSR count). The highest BCUT2D eigenvalue weighted by Crippen LogP contribution is 2.31. The van der Waals surface area contributed by atoms with Crippen LogP contribution >= 0.6 is 0 Å². The lowest BCUT2D eigenvalue weighted by Gasteiger charge is -2.35. The van der Waals surface area contributed by atoms with Crippen molar-refractivity contribution in [3.63, 3.8) is 0 Å². The zero-order valence-electron chi connectivity index (χ0n) is 8.62. The van der Waals surface area contributed by atoms with Crippen molar-refractivity contribution >= 4 is 0 Å². The summed E-state index contributed by atoms with van der Waals surface area (Å²) in [4.78, 5) is 0. The Morgan fingerprint density at radius 3 is 2.85 bits per heavy atom. The van der Waals surface area contributed by atoms with Crippen molar-refractivity contribution in [3.8, 4) is 0 Å². The van der Waals surface area contributed by atoms with Crippen LogP contribution in [0.15, 0.2) is 12.7 Å². The average Bonchev–Trinajstić information content (AvgIpc) is 2.03. The van der Waals surface area contributed by atoms with Crippen molar-refractivity contribution in [2.75, 3.05) is 0 Å². The summed E-state index contributed by atoms with van der Waals surface area (Å²) < 4.78 is 5.68. The van der Waals surface area contributed by atoms with Gasteiger partial charge in [0.2, 0.25) is 0 Å². The van der Waals surface area contributed by atoms with E-state index in [9.17, 15) is 5.11 Å². The number of ether oxygens (including phenoxy) is 1. The summed E-state index contributed by atoms with van der Waals surface area (Å²) >= 11 is 0. The molecule has 0 heterocycles. The molecule has 0 spiro atoms. The molecule has 2 nitrogen and oxygen atoms in total. The smallest absolute Gasteiger partial charge is 0.0849 e. The lowest BCUT2D eigenvalue weighted by Crippen LogP contribution is -2.37. The fourth-order valence-corrected chi connectivity index (χ4v) is 1.92. The second-order valence-corrected chi connectivity index (χ2v) is 4.21. The van der Waals surface area contributed by atoms with Crippen molar-refractivity contribution in [3.05, 3.63) is 12.7 Å². The Hall–Kier alpha value is -0.340. The summed E-state index contributed by atoms with van der Waals surface area (Å²) in [7, 11) is 0. The molecule has 76 valence electrons. The van der Waals surface area contributed by atoms with Crippen molar-refractivity contribution in [1.82, 2.24) is 0 Å². The fourth-order valence-electron chi connectivity index (χ4n) is 1.92. The zero-order valence-corrected chi connectivity index (χ0v) is 8.62. The Bertz CT molecular complexity index is 177. The minimum absolute atomic E-state index is 0.205. The Morgan fingerprint density at radius 1 is 1.62 bits per heavy atom. The molecule has 0 aliphatic heterocycles. The van der Waals surface area contributed by atoms with Crippen molar-refractivity contribution in [2.45, 2.75) is 57.3 Å². The largest absolute Gasteiger partial charge is 0.386 e. The SMILES string of the molecule is C=CC1(O)CCCC(OC(C)C)C1. The van der Waals surface area contributed by atoms with Gasteiger partial charge in [0.05, 0.1) is 17.8 Å². The summed E-state index contributed by atoms with van der Waals surface area (Å²) in [5.41, 5.74) is -0.683. The highest BCUT2D eigenvalue weighted by atomic mass is 16.5. The second kappa shape index (κ2) is 4.25. The molecular formula is C11H20O2. The molecule has 0 aromatic heterocycles. The van der Waals surface area contributed by atoms with Crippen LogP contribution < -0.4 is 0 Å². The maximum atomic E-state index is 9.97. The first-order valence-electron chi connectivity index (χ1n) is 5.07. The van der Waals surface area contributed by atoms with E-state index in [0.717, 1.165) is 19.3 Å². The van der Waals surface area contributed by atoms with Gasteiger partial charge in [-0.25, -0.2) is 0 Å².